The van der Waals surface area contributed by atoms with Crippen LogP contribution in [0.1, 0.15) is 11.4 Å². The summed E-state index contributed by atoms with van der Waals surface area (Å²) < 4.78 is 0. The number of nitrogen functional groups attached to an aromatic ring is 1. The van der Waals surface area contributed by atoms with Crippen LogP contribution in [-0.4, -0.2) is 9.97 Å². The zero-order valence-corrected chi connectivity index (χ0v) is 11.7. The Labute approximate surface area is 119 Å². The third kappa shape index (κ3) is 2.58. The van der Waals surface area contributed by atoms with Crippen molar-refractivity contribution >= 4 is 39.0 Å². The summed E-state index contributed by atoms with van der Waals surface area (Å²) in [6, 6.07) is 8.01. The first kappa shape index (κ1) is 12.5. The molecule has 0 bridgehead atoms. The molecule has 0 saturated carbocycles. The third-order valence-electron chi connectivity index (χ3n) is 2.89. The highest BCUT2D eigenvalue weighted by Crippen LogP contribution is 2.27. The van der Waals surface area contributed by atoms with E-state index in [0.717, 1.165) is 27.3 Å². The van der Waals surface area contributed by atoms with E-state index in [4.69, 9.17) is 17.3 Å². The number of benzene rings is 1. The molecule has 4 N–H and O–H groups in total. The van der Waals surface area contributed by atoms with Crippen LogP contribution in [0.4, 0.5) is 5.13 Å². The summed E-state index contributed by atoms with van der Waals surface area (Å²) >= 11 is 7.79. The van der Waals surface area contributed by atoms with Gasteiger partial charge in [0.05, 0.1) is 10.7 Å². The molecule has 0 fully saturated rings. The molecule has 0 aliphatic rings. The first-order chi connectivity index (χ1) is 9.24. The minimum atomic E-state index is 0.598. The normalized spacial score (nSPS) is 11.2. The van der Waals surface area contributed by atoms with Gasteiger partial charge in [0.15, 0.2) is 5.13 Å². The number of nitrogens with zero attached hydrogens (tertiary/aromatic N) is 1. The highest BCUT2D eigenvalue weighted by atomic mass is 35.5. The number of para-hydroxylation sites is 1. The van der Waals surface area contributed by atoms with Crippen molar-refractivity contribution in [2.24, 2.45) is 0 Å². The van der Waals surface area contributed by atoms with Crippen molar-refractivity contribution in [3.8, 4) is 0 Å². The molecule has 0 amide bonds. The number of thiazole rings is 1. The van der Waals surface area contributed by atoms with E-state index in [9.17, 15) is 0 Å². The van der Waals surface area contributed by atoms with Gasteiger partial charge >= 0.3 is 0 Å². The van der Waals surface area contributed by atoms with E-state index in [1.165, 1.54) is 11.3 Å². The first-order valence-corrected chi connectivity index (χ1v) is 7.15. The van der Waals surface area contributed by atoms with Gasteiger partial charge in [0.2, 0.25) is 0 Å². The average molecular weight is 293 g/mol. The minimum absolute atomic E-state index is 0.598. The Hall–Kier alpha value is -1.56. The van der Waals surface area contributed by atoms with E-state index in [1.54, 1.807) is 0 Å². The number of aromatic amines is 1. The molecule has 3 aromatic rings. The molecular weight excluding hydrogens is 280 g/mol. The molecule has 2 heterocycles. The number of halogens is 1. The monoisotopic (exact) mass is 292 g/mol. The zero-order valence-electron chi connectivity index (χ0n) is 10.1. The van der Waals surface area contributed by atoms with Gasteiger partial charge in [-0.05, 0) is 6.07 Å². The number of hydrogen-bond donors (Lipinski definition) is 3. The Balaban J connectivity index is 1.70. The predicted octanol–water partition coefficient (Wildman–Crippen LogP) is 3.15. The second kappa shape index (κ2) is 5.21. The van der Waals surface area contributed by atoms with Crippen LogP contribution in [0.5, 0.6) is 0 Å². The largest absolute Gasteiger partial charge is 0.375 e. The molecule has 0 unspecified atom stereocenters. The molecule has 98 valence electrons. The number of fused-ring (bicyclic) bond motifs is 1. The Morgan fingerprint density at radius 1 is 1.32 bits per heavy atom. The van der Waals surface area contributed by atoms with Crippen LogP contribution >= 0.6 is 22.9 Å². The lowest BCUT2D eigenvalue weighted by Crippen LogP contribution is -2.13. The maximum atomic E-state index is 6.34. The standard InChI is InChI=1S/C13H13ClN4S/c14-12-9-3-1-2-4-10(9)18-11(12)6-16-5-8-7-19-13(15)17-8/h1-4,7,16,18H,5-6H2,(H2,15,17). The molecule has 1 aromatic carbocycles. The van der Waals surface area contributed by atoms with Crippen molar-refractivity contribution in [2.45, 2.75) is 13.1 Å². The molecule has 0 atom stereocenters. The molecule has 0 radical (unpaired) electrons. The van der Waals surface area contributed by atoms with E-state index in [2.05, 4.69) is 15.3 Å². The lowest BCUT2D eigenvalue weighted by atomic mass is 10.2. The molecule has 0 aliphatic heterocycles. The van der Waals surface area contributed by atoms with E-state index in [1.807, 2.05) is 29.6 Å². The second-order valence-corrected chi connectivity index (χ2v) is 5.51. The fourth-order valence-electron chi connectivity index (χ4n) is 2.00. The Kier molecular flexibility index (Phi) is 3.42. The molecule has 6 heteroatoms. The summed E-state index contributed by atoms with van der Waals surface area (Å²) in [5.74, 6) is 0. The average Bonchev–Trinajstić information content (AvgIpc) is 2.96. The Bertz CT molecular complexity index is 704. The summed E-state index contributed by atoms with van der Waals surface area (Å²) in [6.45, 7) is 1.35. The van der Waals surface area contributed by atoms with Crippen LogP contribution < -0.4 is 11.1 Å². The topological polar surface area (TPSA) is 66.7 Å². The maximum absolute atomic E-state index is 6.34. The van der Waals surface area contributed by atoms with Gasteiger partial charge in [0, 0.05) is 35.1 Å². The molecule has 2 aromatic heterocycles. The lowest BCUT2D eigenvalue weighted by molar-refractivity contribution is 0.674. The van der Waals surface area contributed by atoms with Crippen LogP contribution in [0.15, 0.2) is 29.6 Å². The minimum Gasteiger partial charge on any atom is -0.375 e. The molecule has 4 nitrogen and oxygen atoms in total. The van der Waals surface area contributed by atoms with E-state index < -0.39 is 0 Å². The summed E-state index contributed by atoms with van der Waals surface area (Å²) in [5, 5.41) is 7.69. The van der Waals surface area contributed by atoms with E-state index in [0.29, 0.717) is 18.2 Å². The maximum Gasteiger partial charge on any atom is 0.180 e. The fraction of sp³-hybridized carbons (Fsp3) is 0.154. The molecule has 0 saturated heterocycles. The van der Waals surface area contributed by atoms with Gasteiger partial charge in [0.25, 0.3) is 0 Å². The van der Waals surface area contributed by atoms with Gasteiger partial charge in [0.1, 0.15) is 0 Å². The van der Waals surface area contributed by atoms with Gasteiger partial charge in [-0.2, -0.15) is 0 Å². The third-order valence-corrected chi connectivity index (χ3v) is 4.05. The van der Waals surface area contributed by atoms with Crippen LogP contribution in [0.25, 0.3) is 10.9 Å². The Morgan fingerprint density at radius 2 is 2.16 bits per heavy atom. The van der Waals surface area contributed by atoms with Crippen molar-refractivity contribution in [3.05, 3.63) is 46.1 Å². The molecule has 3 rings (SSSR count). The van der Waals surface area contributed by atoms with Crippen molar-refractivity contribution in [3.63, 3.8) is 0 Å². The second-order valence-electron chi connectivity index (χ2n) is 4.24. The van der Waals surface area contributed by atoms with Crippen LogP contribution in [-0.2, 0) is 13.1 Å². The van der Waals surface area contributed by atoms with Crippen LogP contribution in [0.3, 0.4) is 0 Å². The lowest BCUT2D eigenvalue weighted by Gasteiger charge is -2.01. The highest BCUT2D eigenvalue weighted by Gasteiger charge is 2.08. The van der Waals surface area contributed by atoms with Crippen molar-refractivity contribution in [2.75, 3.05) is 5.73 Å². The molecule has 19 heavy (non-hydrogen) atoms. The summed E-state index contributed by atoms with van der Waals surface area (Å²) in [6.07, 6.45) is 0. The first-order valence-electron chi connectivity index (χ1n) is 5.89. The zero-order chi connectivity index (χ0) is 13.2. The van der Waals surface area contributed by atoms with E-state index >= 15 is 0 Å². The van der Waals surface area contributed by atoms with Gasteiger partial charge in [-0.15, -0.1) is 11.3 Å². The van der Waals surface area contributed by atoms with Crippen LogP contribution in [0, 0.1) is 0 Å². The smallest absolute Gasteiger partial charge is 0.180 e. The summed E-state index contributed by atoms with van der Waals surface area (Å²) in [7, 11) is 0. The van der Waals surface area contributed by atoms with Gasteiger partial charge < -0.3 is 16.0 Å². The number of nitrogens with one attached hydrogen (secondary N) is 2. The molecular formula is C13H13ClN4S. The number of aromatic nitrogens is 2. The van der Waals surface area contributed by atoms with Crippen molar-refractivity contribution < 1.29 is 0 Å². The van der Waals surface area contributed by atoms with Gasteiger partial charge in [-0.25, -0.2) is 4.98 Å². The number of rotatable bonds is 4. The summed E-state index contributed by atoms with van der Waals surface area (Å²) in [5.41, 5.74) is 8.59. The Morgan fingerprint density at radius 3 is 2.89 bits per heavy atom. The number of hydrogen-bond acceptors (Lipinski definition) is 4. The predicted molar refractivity (Wildman–Crippen MR) is 80.4 cm³/mol. The van der Waals surface area contributed by atoms with Crippen LogP contribution in [0.2, 0.25) is 5.02 Å². The number of nitrogens with two attached hydrogens (primary N) is 1. The number of H-pyrrole nitrogens is 1. The fourth-order valence-corrected chi connectivity index (χ4v) is 2.85. The van der Waals surface area contributed by atoms with Gasteiger partial charge in [-0.3, -0.25) is 0 Å². The van der Waals surface area contributed by atoms with Gasteiger partial charge in [-0.1, -0.05) is 29.8 Å². The number of anilines is 1. The van der Waals surface area contributed by atoms with Crippen molar-refractivity contribution in [1.29, 1.82) is 0 Å². The van der Waals surface area contributed by atoms with E-state index in [-0.39, 0.29) is 0 Å². The molecule has 0 spiro atoms. The van der Waals surface area contributed by atoms with Crippen molar-refractivity contribution in [1.82, 2.24) is 15.3 Å². The SMILES string of the molecule is Nc1nc(CNCc2[nH]c3ccccc3c2Cl)cs1. The quantitative estimate of drug-likeness (QED) is 0.692. The molecule has 0 aliphatic carbocycles. The highest BCUT2D eigenvalue weighted by molar-refractivity contribution is 7.13. The summed E-state index contributed by atoms with van der Waals surface area (Å²) in [4.78, 5) is 7.52.